The predicted octanol–water partition coefficient (Wildman–Crippen LogP) is 3.88. The van der Waals surface area contributed by atoms with Crippen LogP contribution in [0.2, 0.25) is 0 Å². The smallest absolute Gasteiger partial charge is 0.272 e. The normalized spacial score (nSPS) is 18.4. The third kappa shape index (κ3) is 5.05. The van der Waals surface area contributed by atoms with Crippen molar-refractivity contribution in [3.63, 3.8) is 0 Å². The maximum Gasteiger partial charge on any atom is 0.272 e. The van der Waals surface area contributed by atoms with E-state index in [1.165, 1.54) is 31.4 Å². The van der Waals surface area contributed by atoms with E-state index < -0.39 is 0 Å². The number of benzene rings is 1. The average molecular weight is 394 g/mol. The molecular formula is C23H31N5O. The number of anilines is 2. The van der Waals surface area contributed by atoms with Gasteiger partial charge in [0.1, 0.15) is 5.69 Å². The zero-order chi connectivity index (χ0) is 20.1. The summed E-state index contributed by atoms with van der Waals surface area (Å²) in [4.78, 5) is 26.4. The van der Waals surface area contributed by atoms with E-state index in [4.69, 9.17) is 0 Å². The van der Waals surface area contributed by atoms with Gasteiger partial charge in [0, 0.05) is 43.6 Å². The molecule has 2 aliphatic rings. The Morgan fingerprint density at radius 1 is 0.966 bits per heavy atom. The summed E-state index contributed by atoms with van der Waals surface area (Å²) in [6.45, 7) is 5.04. The number of nitrogens with zero attached hydrogens (tertiary/aromatic N) is 4. The number of aryl methyl sites for hydroxylation is 1. The maximum atomic E-state index is 13.1. The first-order valence-electron chi connectivity index (χ1n) is 10.9. The van der Waals surface area contributed by atoms with Gasteiger partial charge in [-0.3, -0.25) is 4.79 Å². The zero-order valence-electron chi connectivity index (χ0n) is 17.3. The third-order valence-corrected chi connectivity index (χ3v) is 5.95. The van der Waals surface area contributed by atoms with E-state index in [2.05, 4.69) is 44.5 Å². The zero-order valence-corrected chi connectivity index (χ0v) is 17.3. The van der Waals surface area contributed by atoms with E-state index in [0.29, 0.717) is 30.8 Å². The average Bonchev–Trinajstić information content (AvgIpc) is 3.02. The van der Waals surface area contributed by atoms with Crippen molar-refractivity contribution in [2.24, 2.45) is 0 Å². The molecule has 1 aromatic carbocycles. The van der Waals surface area contributed by atoms with Crippen LogP contribution in [0.3, 0.4) is 0 Å². The Morgan fingerprint density at radius 2 is 1.66 bits per heavy atom. The topological polar surface area (TPSA) is 61.4 Å². The van der Waals surface area contributed by atoms with Gasteiger partial charge in [0.2, 0.25) is 5.95 Å². The second kappa shape index (κ2) is 9.25. The molecule has 1 aliphatic carbocycles. The van der Waals surface area contributed by atoms with Crippen molar-refractivity contribution < 1.29 is 4.79 Å². The minimum absolute atomic E-state index is 0.00660. The Labute approximate surface area is 173 Å². The lowest BCUT2D eigenvalue weighted by molar-refractivity contribution is 0.0740. The SMILES string of the molecule is Cc1cc(C(=O)N2CCN(c3ccccc3)CC2)nc(NC2CCCCCC2)n1. The molecule has 2 fully saturated rings. The van der Waals surface area contributed by atoms with E-state index in [9.17, 15) is 4.79 Å². The molecule has 4 rings (SSSR count). The van der Waals surface area contributed by atoms with Gasteiger partial charge in [-0.15, -0.1) is 0 Å². The molecule has 0 bridgehead atoms. The van der Waals surface area contributed by atoms with Crippen molar-refractivity contribution >= 4 is 17.5 Å². The standard InChI is InChI=1S/C23H31N5O/c1-18-17-21(26-23(24-18)25-19-9-5-2-3-6-10-19)22(29)28-15-13-27(14-16-28)20-11-7-4-8-12-20/h4,7-8,11-12,17,19H,2-3,5-6,9-10,13-16H2,1H3,(H,24,25,26). The molecule has 29 heavy (non-hydrogen) atoms. The third-order valence-electron chi connectivity index (χ3n) is 5.95. The van der Waals surface area contributed by atoms with Gasteiger partial charge in [-0.1, -0.05) is 43.9 Å². The van der Waals surface area contributed by atoms with Gasteiger partial charge in [0.25, 0.3) is 5.91 Å². The second-order valence-corrected chi connectivity index (χ2v) is 8.17. The fraction of sp³-hybridized carbons (Fsp3) is 0.522. The first kappa shape index (κ1) is 19.7. The fourth-order valence-electron chi connectivity index (χ4n) is 4.32. The number of piperazine rings is 1. The molecule has 2 aromatic rings. The van der Waals surface area contributed by atoms with Crippen LogP contribution in [0.25, 0.3) is 0 Å². The molecule has 6 heteroatoms. The summed E-state index contributed by atoms with van der Waals surface area (Å²) in [6, 6.07) is 12.6. The van der Waals surface area contributed by atoms with Crippen LogP contribution in [0, 0.1) is 6.92 Å². The lowest BCUT2D eigenvalue weighted by atomic mass is 10.1. The van der Waals surface area contributed by atoms with Gasteiger partial charge in [-0.05, 0) is 38.0 Å². The molecule has 1 aromatic heterocycles. The number of amides is 1. The Morgan fingerprint density at radius 3 is 2.34 bits per heavy atom. The Hall–Kier alpha value is -2.63. The van der Waals surface area contributed by atoms with Crippen molar-refractivity contribution in [2.75, 3.05) is 36.4 Å². The summed E-state index contributed by atoms with van der Waals surface area (Å²) in [5.74, 6) is 0.607. The molecule has 0 unspecified atom stereocenters. The van der Waals surface area contributed by atoms with Crippen molar-refractivity contribution in [3.8, 4) is 0 Å². The molecule has 154 valence electrons. The highest BCUT2D eigenvalue weighted by molar-refractivity contribution is 5.92. The highest BCUT2D eigenvalue weighted by Crippen LogP contribution is 2.21. The molecule has 0 spiro atoms. The van der Waals surface area contributed by atoms with Crippen LogP contribution in [-0.2, 0) is 0 Å². The van der Waals surface area contributed by atoms with Crippen molar-refractivity contribution in [1.82, 2.24) is 14.9 Å². The molecule has 1 saturated carbocycles. The van der Waals surface area contributed by atoms with Gasteiger partial charge in [0.15, 0.2) is 0 Å². The summed E-state index contributed by atoms with van der Waals surface area (Å²) in [5, 5.41) is 3.49. The van der Waals surface area contributed by atoms with E-state index in [1.807, 2.05) is 24.0 Å². The number of hydrogen-bond acceptors (Lipinski definition) is 5. The van der Waals surface area contributed by atoms with Crippen LogP contribution in [0.5, 0.6) is 0 Å². The van der Waals surface area contributed by atoms with Gasteiger partial charge in [-0.25, -0.2) is 9.97 Å². The molecule has 1 amide bonds. The molecular weight excluding hydrogens is 362 g/mol. The molecule has 0 atom stereocenters. The summed E-state index contributed by atoms with van der Waals surface area (Å²) < 4.78 is 0. The van der Waals surface area contributed by atoms with Crippen molar-refractivity contribution in [1.29, 1.82) is 0 Å². The number of aromatic nitrogens is 2. The Balaban J connectivity index is 1.40. The Bertz CT molecular complexity index is 809. The number of carbonyl (C=O) groups excluding carboxylic acids is 1. The lowest BCUT2D eigenvalue weighted by Crippen LogP contribution is -2.49. The molecule has 1 aliphatic heterocycles. The van der Waals surface area contributed by atoms with Crippen LogP contribution in [0.4, 0.5) is 11.6 Å². The largest absolute Gasteiger partial charge is 0.368 e. The number of hydrogen-bond donors (Lipinski definition) is 1. The number of para-hydroxylation sites is 1. The second-order valence-electron chi connectivity index (χ2n) is 8.17. The minimum atomic E-state index is 0.00660. The van der Waals surface area contributed by atoms with E-state index in [1.54, 1.807) is 0 Å². The summed E-state index contributed by atoms with van der Waals surface area (Å²) in [6.07, 6.45) is 7.43. The summed E-state index contributed by atoms with van der Waals surface area (Å²) in [5.41, 5.74) is 2.55. The van der Waals surface area contributed by atoms with Crippen molar-refractivity contribution in [2.45, 2.75) is 51.5 Å². The minimum Gasteiger partial charge on any atom is -0.368 e. The van der Waals surface area contributed by atoms with Crippen molar-refractivity contribution in [3.05, 3.63) is 47.8 Å². The first-order valence-corrected chi connectivity index (χ1v) is 10.9. The number of nitrogens with one attached hydrogen (secondary N) is 1. The van der Waals surface area contributed by atoms with Gasteiger partial charge in [-0.2, -0.15) is 0 Å². The van der Waals surface area contributed by atoms with E-state index in [-0.39, 0.29) is 5.91 Å². The lowest BCUT2D eigenvalue weighted by Gasteiger charge is -2.36. The molecule has 1 saturated heterocycles. The highest BCUT2D eigenvalue weighted by Gasteiger charge is 2.24. The molecule has 0 radical (unpaired) electrons. The van der Waals surface area contributed by atoms with Crippen LogP contribution in [-0.4, -0.2) is 53.0 Å². The predicted molar refractivity (Wildman–Crippen MR) is 116 cm³/mol. The fourth-order valence-corrected chi connectivity index (χ4v) is 4.32. The van der Waals surface area contributed by atoms with Gasteiger partial charge in [0.05, 0.1) is 0 Å². The number of carbonyl (C=O) groups is 1. The first-order chi connectivity index (χ1) is 14.2. The van der Waals surface area contributed by atoms with E-state index >= 15 is 0 Å². The quantitative estimate of drug-likeness (QED) is 0.799. The number of rotatable bonds is 4. The van der Waals surface area contributed by atoms with Crippen LogP contribution in [0.1, 0.15) is 54.7 Å². The molecule has 2 heterocycles. The van der Waals surface area contributed by atoms with E-state index in [0.717, 1.165) is 31.6 Å². The molecule has 6 nitrogen and oxygen atoms in total. The van der Waals surface area contributed by atoms with Gasteiger partial charge >= 0.3 is 0 Å². The summed E-state index contributed by atoms with van der Waals surface area (Å²) in [7, 11) is 0. The summed E-state index contributed by atoms with van der Waals surface area (Å²) >= 11 is 0. The highest BCUT2D eigenvalue weighted by atomic mass is 16.2. The maximum absolute atomic E-state index is 13.1. The van der Waals surface area contributed by atoms with Crippen LogP contribution >= 0.6 is 0 Å². The van der Waals surface area contributed by atoms with Gasteiger partial charge < -0.3 is 15.1 Å². The van der Waals surface area contributed by atoms with Crippen LogP contribution < -0.4 is 10.2 Å². The monoisotopic (exact) mass is 393 g/mol. The Kier molecular flexibility index (Phi) is 6.27. The van der Waals surface area contributed by atoms with Crippen LogP contribution in [0.15, 0.2) is 36.4 Å². The molecule has 1 N–H and O–H groups in total.